The van der Waals surface area contributed by atoms with E-state index in [2.05, 4.69) is 6.92 Å². The average Bonchev–Trinajstić information content (AvgIpc) is 2.27. The Kier molecular flexibility index (Phi) is 13.6. The number of hydrogen-bond acceptors (Lipinski definition) is 2. The Balaban J connectivity index is 3.01. The van der Waals surface area contributed by atoms with Crippen molar-refractivity contribution in [2.75, 3.05) is 6.61 Å². The van der Waals surface area contributed by atoms with Crippen molar-refractivity contribution in [2.24, 2.45) is 0 Å². The van der Waals surface area contributed by atoms with Gasteiger partial charge in [0.1, 0.15) is 0 Å². The van der Waals surface area contributed by atoms with Gasteiger partial charge in [0.2, 0.25) is 0 Å². The van der Waals surface area contributed by atoms with Crippen LogP contribution in [0.3, 0.4) is 0 Å². The Bertz CT molecular complexity index is 160. The molecule has 0 aliphatic rings. The van der Waals surface area contributed by atoms with E-state index in [0.717, 1.165) is 4.37 Å². The molecule has 0 heterocycles. The van der Waals surface area contributed by atoms with Crippen molar-refractivity contribution in [2.45, 2.75) is 67.5 Å². The zero-order valence-corrected chi connectivity index (χ0v) is 13.4. The number of carbonyl (C=O) groups is 1. The van der Waals surface area contributed by atoms with Crippen molar-refractivity contribution in [3.05, 3.63) is 0 Å². The van der Waals surface area contributed by atoms with Gasteiger partial charge in [-0.3, -0.25) is 0 Å². The van der Waals surface area contributed by atoms with Gasteiger partial charge in [-0.15, -0.1) is 0 Å². The molecule has 0 amide bonds. The minimum absolute atomic E-state index is 0.000876. The van der Waals surface area contributed by atoms with E-state index in [4.69, 9.17) is 4.74 Å². The number of unbranched alkanes of at least 4 members (excludes halogenated alkanes) is 5. The van der Waals surface area contributed by atoms with Crippen molar-refractivity contribution in [3.8, 4) is 0 Å². The van der Waals surface area contributed by atoms with Gasteiger partial charge >= 0.3 is 111 Å². The maximum atomic E-state index is 11.1. The number of hydrogen-bond donors (Lipinski definition) is 0. The molecule has 0 fully saturated rings. The number of ether oxygens (including phenoxy) is 1. The van der Waals surface area contributed by atoms with Gasteiger partial charge < -0.3 is 0 Å². The second-order valence-corrected chi connectivity index (χ2v) is 7.82. The minimum atomic E-state index is -0.0817. The van der Waals surface area contributed by atoms with Crippen LogP contribution in [0.15, 0.2) is 0 Å². The molecule has 0 saturated carbocycles. The van der Waals surface area contributed by atoms with E-state index in [-0.39, 0.29) is 27.6 Å². The summed E-state index contributed by atoms with van der Waals surface area (Å²) in [4.78, 5) is 11.1. The fourth-order valence-corrected chi connectivity index (χ4v) is 4.41. The van der Waals surface area contributed by atoms with Gasteiger partial charge in [-0.05, 0) is 0 Å². The summed E-state index contributed by atoms with van der Waals surface area (Å²) in [5, 5.41) is 0. The van der Waals surface area contributed by atoms with Crippen LogP contribution in [-0.2, 0) is 9.53 Å². The van der Waals surface area contributed by atoms with Crippen molar-refractivity contribution in [3.63, 3.8) is 0 Å². The van der Waals surface area contributed by atoms with E-state index in [1.165, 1.54) is 42.9 Å². The summed E-state index contributed by atoms with van der Waals surface area (Å²) in [5.41, 5.74) is 0. The number of carbonyl (C=O) groups excluding carboxylic acids is 1. The maximum absolute atomic E-state index is 11.1. The molecular weight excluding hydrogens is 310 g/mol. The van der Waals surface area contributed by atoms with E-state index in [1.807, 2.05) is 6.92 Å². The molecule has 0 unspecified atom stereocenters. The molecule has 3 heteroatoms. The van der Waals surface area contributed by atoms with Crippen LogP contribution >= 0.6 is 0 Å². The predicted molar refractivity (Wildman–Crippen MR) is 70.0 cm³/mol. The molecule has 1 radical (unpaired) electrons. The molecule has 0 aliphatic carbocycles. The topological polar surface area (TPSA) is 26.3 Å². The van der Waals surface area contributed by atoms with Crippen LogP contribution in [0.5, 0.6) is 0 Å². The van der Waals surface area contributed by atoms with Gasteiger partial charge in [-0.1, -0.05) is 0 Å². The van der Waals surface area contributed by atoms with Crippen LogP contribution in [0.1, 0.15) is 58.8 Å². The molecule has 0 saturated heterocycles. The van der Waals surface area contributed by atoms with E-state index >= 15 is 0 Å². The summed E-state index contributed by atoms with van der Waals surface area (Å²) in [6, 6.07) is 0. The van der Waals surface area contributed by atoms with Crippen molar-refractivity contribution in [1.82, 2.24) is 0 Å². The molecule has 16 heavy (non-hydrogen) atoms. The molecular formula is C13H26O2Sb. The van der Waals surface area contributed by atoms with Gasteiger partial charge in [0.15, 0.2) is 0 Å². The summed E-state index contributed by atoms with van der Waals surface area (Å²) in [7, 11) is 0. The summed E-state index contributed by atoms with van der Waals surface area (Å²) in [6.45, 7) is 4.65. The van der Waals surface area contributed by atoms with Crippen molar-refractivity contribution >= 4 is 27.6 Å². The van der Waals surface area contributed by atoms with Gasteiger partial charge in [0.25, 0.3) is 0 Å². The summed E-state index contributed by atoms with van der Waals surface area (Å²) in [5.74, 6) is 0.000876. The monoisotopic (exact) mass is 335 g/mol. The fourth-order valence-electron chi connectivity index (χ4n) is 1.52. The first kappa shape index (κ1) is 16.3. The Morgan fingerprint density at radius 2 is 1.69 bits per heavy atom. The van der Waals surface area contributed by atoms with E-state index in [1.54, 1.807) is 0 Å². The van der Waals surface area contributed by atoms with E-state index in [0.29, 0.717) is 13.0 Å². The number of esters is 1. The fraction of sp³-hybridized carbons (Fsp3) is 0.923. The van der Waals surface area contributed by atoms with Crippen LogP contribution in [0.25, 0.3) is 0 Å². The molecule has 2 nitrogen and oxygen atoms in total. The predicted octanol–water partition coefficient (Wildman–Crippen LogP) is 3.84. The third kappa shape index (κ3) is 12.4. The van der Waals surface area contributed by atoms with E-state index in [9.17, 15) is 4.79 Å². The molecule has 0 atom stereocenters. The Labute approximate surface area is 111 Å². The molecule has 0 aromatic rings. The normalized spacial score (nSPS) is 10.4. The molecule has 0 bridgehead atoms. The SMILES string of the molecule is CCCCCCC[CH2][Sb][CH2]CC(=O)OCC. The third-order valence-electron chi connectivity index (χ3n) is 2.45. The second kappa shape index (κ2) is 13.4. The second-order valence-electron chi connectivity index (χ2n) is 3.99. The molecule has 0 spiro atoms. The Hall–Kier alpha value is 0.288. The quantitative estimate of drug-likeness (QED) is 0.326. The first-order valence-corrected chi connectivity index (χ1v) is 10.2. The Morgan fingerprint density at radius 3 is 2.38 bits per heavy atom. The standard InChI is InChI=1S/C8H17.C5H9O2.Sb/c1-3-5-7-8-6-4-2;1-3-5(6)7-4-2;/h1,3-8H2,2H3;1,3-4H2,2H3;. The van der Waals surface area contributed by atoms with Gasteiger partial charge in [0.05, 0.1) is 0 Å². The van der Waals surface area contributed by atoms with Gasteiger partial charge in [-0.2, -0.15) is 0 Å². The van der Waals surface area contributed by atoms with Crippen LogP contribution < -0.4 is 0 Å². The average molecular weight is 336 g/mol. The molecule has 0 N–H and O–H groups in total. The zero-order chi connectivity index (χ0) is 12.1. The Morgan fingerprint density at radius 1 is 1.00 bits per heavy atom. The zero-order valence-electron chi connectivity index (χ0n) is 10.8. The molecule has 95 valence electrons. The summed E-state index contributed by atoms with van der Waals surface area (Å²) < 4.78 is 7.46. The first-order chi connectivity index (χ1) is 7.81. The van der Waals surface area contributed by atoms with Crippen molar-refractivity contribution < 1.29 is 9.53 Å². The van der Waals surface area contributed by atoms with Gasteiger partial charge in [0, 0.05) is 0 Å². The van der Waals surface area contributed by atoms with Crippen LogP contribution in [-0.4, -0.2) is 34.2 Å². The first-order valence-electron chi connectivity index (χ1n) is 6.60. The van der Waals surface area contributed by atoms with Crippen molar-refractivity contribution in [1.29, 1.82) is 0 Å². The molecule has 0 rings (SSSR count). The van der Waals surface area contributed by atoms with Crippen LogP contribution in [0.4, 0.5) is 0 Å². The van der Waals surface area contributed by atoms with Crippen LogP contribution in [0.2, 0.25) is 8.73 Å². The summed E-state index contributed by atoms with van der Waals surface area (Å²) in [6.07, 6.45) is 8.99. The molecule has 0 aromatic carbocycles. The van der Waals surface area contributed by atoms with Gasteiger partial charge in [-0.25, -0.2) is 0 Å². The summed E-state index contributed by atoms with van der Waals surface area (Å²) >= 11 is -0.0817. The van der Waals surface area contributed by atoms with E-state index < -0.39 is 0 Å². The molecule has 0 aromatic heterocycles. The molecule has 0 aliphatic heterocycles. The van der Waals surface area contributed by atoms with Crippen LogP contribution in [0, 0.1) is 0 Å². The number of rotatable bonds is 11. The third-order valence-corrected chi connectivity index (χ3v) is 5.79.